The van der Waals surface area contributed by atoms with Gasteiger partial charge < -0.3 is 5.73 Å². The van der Waals surface area contributed by atoms with Crippen molar-refractivity contribution in [1.82, 2.24) is 9.78 Å². The molecular formula is C20H21N4+. The van der Waals surface area contributed by atoms with Crippen molar-refractivity contribution < 1.29 is 0 Å². The highest BCUT2D eigenvalue weighted by Crippen LogP contribution is 2.25. The van der Waals surface area contributed by atoms with Gasteiger partial charge in [-0.15, -0.1) is 0 Å². The second-order valence-corrected chi connectivity index (χ2v) is 5.77. The molecule has 4 heteroatoms. The van der Waals surface area contributed by atoms with Gasteiger partial charge in [0.1, 0.15) is 11.4 Å². The van der Waals surface area contributed by atoms with Crippen LogP contribution in [0.4, 0.5) is 5.82 Å². The molecule has 0 unspecified atom stereocenters. The standard InChI is InChI=1S/C20H21N4/c1-3-12-22-14-16-6-10-18(11-7-16)24-19(13-20(21)23-24)17-8-4-15(2)5-9-17/h4-11,13H,3,12H2,1-2H3,(H2,21,23)/q+1. The van der Waals surface area contributed by atoms with Crippen molar-refractivity contribution in [2.24, 2.45) is 0 Å². The van der Waals surface area contributed by atoms with E-state index in [9.17, 15) is 0 Å². The molecule has 0 aliphatic rings. The minimum Gasteiger partial charge on any atom is -0.382 e. The van der Waals surface area contributed by atoms with Crippen LogP contribution in [0.25, 0.3) is 21.8 Å². The van der Waals surface area contributed by atoms with Crippen LogP contribution in [0.2, 0.25) is 0 Å². The van der Waals surface area contributed by atoms with Crippen molar-refractivity contribution in [2.75, 3.05) is 12.3 Å². The number of anilines is 1. The molecular weight excluding hydrogens is 296 g/mol. The summed E-state index contributed by atoms with van der Waals surface area (Å²) in [5.74, 6) is 0.505. The number of hydrogen-bond donors (Lipinski definition) is 1. The Bertz CT molecular complexity index is 878. The van der Waals surface area contributed by atoms with Gasteiger partial charge in [0.2, 0.25) is 0 Å². The fourth-order valence-electron chi connectivity index (χ4n) is 2.46. The maximum absolute atomic E-state index is 5.94. The number of benzene rings is 2. The van der Waals surface area contributed by atoms with Crippen LogP contribution in [0.5, 0.6) is 0 Å². The van der Waals surface area contributed by atoms with E-state index >= 15 is 0 Å². The summed E-state index contributed by atoms with van der Waals surface area (Å²) in [5.41, 5.74) is 11.1. The van der Waals surface area contributed by atoms with Crippen LogP contribution in [0, 0.1) is 13.0 Å². The van der Waals surface area contributed by atoms with Gasteiger partial charge in [0.05, 0.1) is 11.4 Å². The van der Waals surface area contributed by atoms with E-state index < -0.39 is 0 Å². The number of nitrogens with zero attached hydrogens (tertiary/aromatic N) is 3. The van der Waals surface area contributed by atoms with Gasteiger partial charge in [0.15, 0.2) is 0 Å². The quantitative estimate of drug-likeness (QED) is 0.772. The fraction of sp³-hybridized carbons (Fsp3) is 0.200. The van der Waals surface area contributed by atoms with Crippen molar-refractivity contribution in [2.45, 2.75) is 20.3 Å². The number of nitrogen functional groups attached to an aromatic ring is 1. The predicted molar refractivity (Wildman–Crippen MR) is 99.7 cm³/mol. The molecule has 4 nitrogen and oxygen atoms in total. The molecule has 0 radical (unpaired) electrons. The summed E-state index contributed by atoms with van der Waals surface area (Å²) in [6.45, 7) is 4.97. The van der Waals surface area contributed by atoms with Gasteiger partial charge in [-0.2, -0.15) is 5.10 Å². The Hall–Kier alpha value is -3.06. The van der Waals surface area contributed by atoms with Crippen molar-refractivity contribution >= 4 is 5.82 Å². The smallest absolute Gasteiger partial charge is 0.311 e. The lowest BCUT2D eigenvalue weighted by Crippen LogP contribution is -1.99. The van der Waals surface area contributed by atoms with Gasteiger partial charge in [0.25, 0.3) is 6.54 Å². The molecule has 0 spiro atoms. The average Bonchev–Trinajstić information content (AvgIpc) is 2.98. The van der Waals surface area contributed by atoms with Crippen LogP contribution in [-0.4, -0.2) is 16.3 Å². The first-order chi connectivity index (χ1) is 11.7. The van der Waals surface area contributed by atoms with Crippen LogP contribution in [-0.2, 0) is 0 Å². The molecule has 0 aliphatic heterocycles. The van der Waals surface area contributed by atoms with Crippen LogP contribution in [0.1, 0.15) is 24.5 Å². The molecule has 120 valence electrons. The van der Waals surface area contributed by atoms with E-state index in [-0.39, 0.29) is 0 Å². The van der Waals surface area contributed by atoms with Gasteiger partial charge in [-0.3, -0.25) is 0 Å². The van der Waals surface area contributed by atoms with Crippen LogP contribution >= 0.6 is 0 Å². The molecule has 0 saturated carbocycles. The second kappa shape index (κ2) is 7.01. The Kier molecular flexibility index (Phi) is 4.62. The van der Waals surface area contributed by atoms with Gasteiger partial charge >= 0.3 is 6.07 Å². The molecule has 24 heavy (non-hydrogen) atoms. The zero-order valence-corrected chi connectivity index (χ0v) is 14.0. The van der Waals surface area contributed by atoms with E-state index in [1.165, 1.54) is 5.56 Å². The van der Waals surface area contributed by atoms with Crippen molar-refractivity contribution in [3.05, 3.63) is 70.6 Å². The first kappa shape index (κ1) is 15.8. The van der Waals surface area contributed by atoms with E-state index in [1.807, 2.05) is 35.0 Å². The molecule has 1 aromatic heterocycles. The van der Waals surface area contributed by atoms with Gasteiger partial charge in [-0.05, 0) is 31.2 Å². The zero-order chi connectivity index (χ0) is 16.9. The third-order valence-corrected chi connectivity index (χ3v) is 3.73. The maximum atomic E-state index is 5.94. The number of aromatic nitrogens is 2. The molecule has 3 rings (SSSR count). The van der Waals surface area contributed by atoms with E-state index in [4.69, 9.17) is 5.73 Å². The fourth-order valence-corrected chi connectivity index (χ4v) is 2.46. The minimum atomic E-state index is 0.505. The average molecular weight is 317 g/mol. The van der Waals surface area contributed by atoms with Gasteiger partial charge in [0, 0.05) is 18.1 Å². The Balaban J connectivity index is 1.95. The highest BCUT2D eigenvalue weighted by molar-refractivity contribution is 5.65. The SMILES string of the molecule is CCC[N+]#Cc1ccc(-n2nc(N)cc2-c2ccc(C)cc2)cc1. The zero-order valence-electron chi connectivity index (χ0n) is 14.0. The molecule has 0 fully saturated rings. The topological polar surface area (TPSA) is 48.2 Å². The largest absolute Gasteiger partial charge is 0.382 e. The summed E-state index contributed by atoms with van der Waals surface area (Å²) in [5, 5.41) is 4.44. The number of hydrogen-bond acceptors (Lipinski definition) is 2. The van der Waals surface area contributed by atoms with Gasteiger partial charge in [-0.1, -0.05) is 41.6 Å². The van der Waals surface area contributed by atoms with E-state index in [0.717, 1.165) is 35.5 Å². The summed E-state index contributed by atoms with van der Waals surface area (Å²) in [4.78, 5) is 4.25. The molecule has 0 amide bonds. The molecule has 0 saturated heterocycles. The third-order valence-electron chi connectivity index (χ3n) is 3.73. The number of aryl methyl sites for hydroxylation is 1. The Morgan fingerprint density at radius 2 is 1.79 bits per heavy atom. The summed E-state index contributed by atoms with van der Waals surface area (Å²) >= 11 is 0. The molecule has 1 heterocycles. The molecule has 0 bridgehead atoms. The minimum absolute atomic E-state index is 0.505. The lowest BCUT2D eigenvalue weighted by atomic mass is 10.1. The maximum Gasteiger partial charge on any atom is 0.311 e. The predicted octanol–water partition coefficient (Wildman–Crippen LogP) is 4.52. The molecule has 2 N–H and O–H groups in total. The Labute approximate surface area is 142 Å². The van der Waals surface area contributed by atoms with Crippen molar-refractivity contribution in [3.63, 3.8) is 0 Å². The summed E-state index contributed by atoms with van der Waals surface area (Å²) in [6.07, 6.45) is 1.03. The molecule has 2 aromatic carbocycles. The number of rotatable bonds is 3. The monoisotopic (exact) mass is 317 g/mol. The van der Waals surface area contributed by atoms with Crippen molar-refractivity contribution in [3.8, 4) is 23.0 Å². The first-order valence-electron chi connectivity index (χ1n) is 8.13. The third kappa shape index (κ3) is 3.47. The van der Waals surface area contributed by atoms with Crippen LogP contribution < -0.4 is 5.73 Å². The van der Waals surface area contributed by atoms with Crippen LogP contribution in [0.3, 0.4) is 0 Å². The summed E-state index contributed by atoms with van der Waals surface area (Å²) in [7, 11) is 0. The normalized spacial score (nSPS) is 10.2. The number of nitrogens with two attached hydrogens (primary N) is 1. The molecule has 0 aliphatic carbocycles. The molecule has 0 atom stereocenters. The van der Waals surface area contributed by atoms with E-state index in [2.05, 4.69) is 54.1 Å². The first-order valence-corrected chi connectivity index (χ1v) is 8.13. The van der Waals surface area contributed by atoms with E-state index in [1.54, 1.807) is 0 Å². The lowest BCUT2D eigenvalue weighted by Gasteiger charge is -2.07. The van der Waals surface area contributed by atoms with Crippen LogP contribution in [0.15, 0.2) is 54.6 Å². The highest BCUT2D eigenvalue weighted by Gasteiger charge is 2.10. The van der Waals surface area contributed by atoms with E-state index in [0.29, 0.717) is 5.82 Å². The second-order valence-electron chi connectivity index (χ2n) is 5.77. The van der Waals surface area contributed by atoms with Gasteiger partial charge in [-0.25, -0.2) is 4.68 Å². The highest BCUT2D eigenvalue weighted by atomic mass is 15.3. The Morgan fingerprint density at radius 1 is 1.08 bits per heavy atom. The van der Waals surface area contributed by atoms with Crippen molar-refractivity contribution in [1.29, 1.82) is 0 Å². The summed E-state index contributed by atoms with van der Waals surface area (Å²) in [6, 6.07) is 21.3. The summed E-state index contributed by atoms with van der Waals surface area (Å²) < 4.78 is 1.87. The molecule has 3 aromatic rings. The lowest BCUT2D eigenvalue weighted by molar-refractivity contribution is 0.893. The Morgan fingerprint density at radius 3 is 2.46 bits per heavy atom.